The van der Waals surface area contributed by atoms with Gasteiger partial charge in [0.2, 0.25) is 0 Å². The molecule has 0 aromatic carbocycles. The van der Waals surface area contributed by atoms with Crippen molar-refractivity contribution in [2.24, 2.45) is 0 Å². The smallest absolute Gasteiger partial charge is 0.168 e. The summed E-state index contributed by atoms with van der Waals surface area (Å²) in [5.41, 5.74) is 0. The van der Waals surface area contributed by atoms with E-state index in [0.29, 0.717) is 26.1 Å². The zero-order chi connectivity index (χ0) is 15.8. The Morgan fingerprint density at radius 1 is 1.10 bits per heavy atom. The Labute approximate surface area is 128 Å². The molecular weight excluding hydrogens is 292 g/mol. The Balaban J connectivity index is 2.04. The van der Waals surface area contributed by atoms with Crippen LogP contribution in [0.15, 0.2) is 0 Å². The van der Waals surface area contributed by atoms with E-state index in [4.69, 9.17) is 14.2 Å². The molecule has 1 saturated carbocycles. The average molecular weight is 320 g/mol. The van der Waals surface area contributed by atoms with Crippen molar-refractivity contribution in [3.05, 3.63) is 0 Å². The minimum atomic E-state index is -3.36. The molecule has 0 spiro atoms. The summed E-state index contributed by atoms with van der Waals surface area (Å²) in [6, 6.07) is 0. The molecule has 1 heterocycles. The number of hydrogen-bond acceptors (Lipinski definition) is 5. The van der Waals surface area contributed by atoms with Crippen LogP contribution in [0.2, 0.25) is 0 Å². The van der Waals surface area contributed by atoms with Crippen molar-refractivity contribution in [1.82, 2.24) is 0 Å². The van der Waals surface area contributed by atoms with E-state index in [1.165, 1.54) is 0 Å². The molecule has 0 radical (unpaired) electrons. The van der Waals surface area contributed by atoms with Gasteiger partial charge in [-0.25, -0.2) is 8.42 Å². The molecule has 0 atom stereocenters. The first-order valence-electron chi connectivity index (χ1n) is 7.78. The van der Waals surface area contributed by atoms with Crippen molar-refractivity contribution < 1.29 is 22.6 Å². The van der Waals surface area contributed by atoms with Gasteiger partial charge in [0, 0.05) is 6.61 Å². The summed E-state index contributed by atoms with van der Waals surface area (Å²) in [7, 11) is -3.36. The summed E-state index contributed by atoms with van der Waals surface area (Å²) in [4.78, 5) is 0. The van der Waals surface area contributed by atoms with Crippen LogP contribution in [0.4, 0.5) is 0 Å². The maximum atomic E-state index is 13.0. The molecule has 6 heteroatoms. The summed E-state index contributed by atoms with van der Waals surface area (Å²) in [6.07, 6.45) is 3.38. The van der Waals surface area contributed by atoms with Gasteiger partial charge in [-0.2, -0.15) is 0 Å². The van der Waals surface area contributed by atoms with Crippen molar-refractivity contribution in [3.8, 4) is 0 Å². The fourth-order valence-electron chi connectivity index (χ4n) is 2.55. The summed E-state index contributed by atoms with van der Waals surface area (Å²) in [6.45, 7) is 8.72. The van der Waals surface area contributed by atoms with Gasteiger partial charge in [-0.05, 0) is 40.0 Å². The molecule has 124 valence electrons. The predicted octanol–water partition coefficient (Wildman–Crippen LogP) is 2.29. The molecule has 0 bridgehead atoms. The lowest BCUT2D eigenvalue weighted by atomic mass is 10.1. The molecule has 0 amide bonds. The van der Waals surface area contributed by atoms with Gasteiger partial charge in [-0.15, -0.1) is 0 Å². The van der Waals surface area contributed by atoms with Crippen molar-refractivity contribution in [3.63, 3.8) is 0 Å². The van der Waals surface area contributed by atoms with Gasteiger partial charge in [-0.1, -0.05) is 13.3 Å². The topological polar surface area (TPSA) is 61.8 Å². The second-order valence-corrected chi connectivity index (χ2v) is 9.88. The maximum Gasteiger partial charge on any atom is 0.168 e. The number of rotatable bonds is 7. The fraction of sp³-hybridized carbons (Fsp3) is 1.00. The molecule has 1 saturated heterocycles. The molecule has 21 heavy (non-hydrogen) atoms. The third kappa shape index (κ3) is 3.28. The third-order valence-electron chi connectivity index (χ3n) is 4.48. The van der Waals surface area contributed by atoms with E-state index < -0.39 is 25.1 Å². The molecule has 1 aliphatic heterocycles. The molecule has 2 aliphatic rings. The molecule has 2 fully saturated rings. The summed E-state index contributed by atoms with van der Waals surface area (Å²) >= 11 is 0. The largest absolute Gasteiger partial charge is 0.380 e. The van der Waals surface area contributed by atoms with E-state index in [0.717, 1.165) is 12.8 Å². The highest BCUT2D eigenvalue weighted by Gasteiger charge is 2.62. The van der Waals surface area contributed by atoms with Crippen LogP contribution < -0.4 is 0 Å². The van der Waals surface area contributed by atoms with E-state index in [-0.39, 0.29) is 13.2 Å². The van der Waals surface area contributed by atoms with Crippen molar-refractivity contribution in [2.75, 3.05) is 26.4 Å². The Morgan fingerprint density at radius 3 is 2.14 bits per heavy atom. The standard InChI is InChI=1S/C15H28O5S/c1-5-6-9-18-12-15(7-8-15)21(16,17)14(4)10-19-13(2,3)20-11-14/h5-12H2,1-4H3. The molecule has 0 N–H and O–H groups in total. The van der Waals surface area contributed by atoms with Gasteiger partial charge < -0.3 is 14.2 Å². The number of hydrogen-bond donors (Lipinski definition) is 0. The molecule has 0 aromatic rings. The first-order chi connectivity index (χ1) is 9.68. The summed E-state index contributed by atoms with van der Waals surface area (Å²) in [5, 5.41) is 0. The van der Waals surface area contributed by atoms with Gasteiger partial charge in [0.05, 0.1) is 24.6 Å². The van der Waals surface area contributed by atoms with Crippen LogP contribution in [0, 0.1) is 0 Å². The van der Waals surface area contributed by atoms with Crippen molar-refractivity contribution >= 4 is 9.84 Å². The van der Waals surface area contributed by atoms with Gasteiger partial charge in [0.1, 0.15) is 4.75 Å². The van der Waals surface area contributed by atoms with E-state index in [9.17, 15) is 8.42 Å². The van der Waals surface area contributed by atoms with Crippen LogP contribution in [-0.2, 0) is 24.0 Å². The van der Waals surface area contributed by atoms with E-state index in [1.807, 2.05) is 0 Å². The minimum Gasteiger partial charge on any atom is -0.380 e. The molecule has 0 aromatic heterocycles. The maximum absolute atomic E-state index is 13.0. The van der Waals surface area contributed by atoms with Crippen LogP contribution in [0.25, 0.3) is 0 Å². The quantitative estimate of drug-likeness (QED) is 0.674. The highest BCUT2D eigenvalue weighted by Crippen LogP contribution is 2.49. The Bertz CT molecular complexity index is 454. The Kier molecular flexibility index (Phi) is 4.74. The van der Waals surface area contributed by atoms with Gasteiger partial charge in [0.15, 0.2) is 15.6 Å². The molecule has 1 aliphatic carbocycles. The number of ether oxygens (including phenoxy) is 3. The van der Waals surface area contributed by atoms with Crippen LogP contribution in [-0.4, -0.2) is 50.1 Å². The van der Waals surface area contributed by atoms with Crippen LogP contribution in [0.3, 0.4) is 0 Å². The van der Waals surface area contributed by atoms with E-state index >= 15 is 0 Å². The predicted molar refractivity (Wildman–Crippen MR) is 81.0 cm³/mol. The van der Waals surface area contributed by atoms with Crippen molar-refractivity contribution in [1.29, 1.82) is 0 Å². The zero-order valence-electron chi connectivity index (χ0n) is 13.6. The van der Waals surface area contributed by atoms with Crippen LogP contribution in [0.1, 0.15) is 53.4 Å². The molecular formula is C15H28O5S. The van der Waals surface area contributed by atoms with Crippen LogP contribution in [0.5, 0.6) is 0 Å². The minimum absolute atomic E-state index is 0.180. The van der Waals surface area contributed by atoms with Crippen LogP contribution >= 0.6 is 0 Å². The summed E-state index contributed by atoms with van der Waals surface area (Å²) in [5.74, 6) is -0.705. The lowest BCUT2D eigenvalue weighted by Crippen LogP contribution is -2.57. The lowest BCUT2D eigenvalue weighted by Gasteiger charge is -2.42. The molecule has 5 nitrogen and oxygen atoms in total. The SMILES string of the molecule is CCCCOCC1(S(=O)(=O)C2(C)COC(C)(C)OC2)CC1. The van der Waals surface area contributed by atoms with Gasteiger partial charge in [0.25, 0.3) is 0 Å². The fourth-order valence-corrected chi connectivity index (χ4v) is 4.90. The first-order valence-corrected chi connectivity index (χ1v) is 9.26. The second kappa shape index (κ2) is 5.80. The van der Waals surface area contributed by atoms with E-state index in [2.05, 4.69) is 6.92 Å². The summed E-state index contributed by atoms with van der Waals surface area (Å²) < 4.78 is 41.1. The normalized spacial score (nSPS) is 26.5. The zero-order valence-corrected chi connectivity index (χ0v) is 14.4. The molecule has 2 rings (SSSR count). The number of sulfone groups is 1. The van der Waals surface area contributed by atoms with Gasteiger partial charge >= 0.3 is 0 Å². The van der Waals surface area contributed by atoms with Gasteiger partial charge in [-0.3, -0.25) is 0 Å². The second-order valence-electron chi connectivity index (χ2n) is 7.02. The monoisotopic (exact) mass is 320 g/mol. The highest BCUT2D eigenvalue weighted by molar-refractivity contribution is 7.94. The average Bonchev–Trinajstić information content (AvgIpc) is 3.20. The Morgan fingerprint density at radius 2 is 1.67 bits per heavy atom. The Hall–Kier alpha value is -0.170. The lowest BCUT2D eigenvalue weighted by molar-refractivity contribution is -0.254. The number of unbranched alkanes of at least 4 members (excludes halogenated alkanes) is 1. The highest BCUT2D eigenvalue weighted by atomic mass is 32.2. The third-order valence-corrected chi connectivity index (χ3v) is 7.68. The van der Waals surface area contributed by atoms with Crippen molar-refractivity contribution in [2.45, 2.75) is 68.7 Å². The first kappa shape index (κ1) is 17.2. The van der Waals surface area contributed by atoms with E-state index in [1.54, 1.807) is 20.8 Å². The molecule has 0 unspecified atom stereocenters.